The summed E-state index contributed by atoms with van der Waals surface area (Å²) in [5.74, 6) is 0.865. The Hall–Kier alpha value is -2.89. The van der Waals surface area contributed by atoms with Crippen LogP contribution in [0.4, 0.5) is 0 Å². The van der Waals surface area contributed by atoms with Crippen LogP contribution in [0, 0.1) is 5.92 Å². The number of hydrogen-bond acceptors (Lipinski definition) is 4. The first-order valence-corrected chi connectivity index (χ1v) is 9.55. The van der Waals surface area contributed by atoms with E-state index in [4.69, 9.17) is 9.72 Å². The van der Waals surface area contributed by atoms with Crippen molar-refractivity contribution in [2.45, 2.75) is 38.3 Å². The van der Waals surface area contributed by atoms with Crippen molar-refractivity contribution in [1.29, 1.82) is 0 Å². The lowest BCUT2D eigenvalue weighted by Crippen LogP contribution is -2.26. The minimum Gasteiger partial charge on any atom is -0.473 e. The van der Waals surface area contributed by atoms with Gasteiger partial charge < -0.3 is 14.6 Å². The molecule has 138 valence electrons. The van der Waals surface area contributed by atoms with Gasteiger partial charge in [-0.3, -0.25) is 4.79 Å². The highest BCUT2D eigenvalue weighted by atomic mass is 16.5. The van der Waals surface area contributed by atoms with Crippen molar-refractivity contribution >= 4 is 16.9 Å². The molecule has 2 atom stereocenters. The van der Waals surface area contributed by atoms with E-state index in [9.17, 15) is 4.79 Å². The van der Waals surface area contributed by atoms with Gasteiger partial charge >= 0.3 is 0 Å². The van der Waals surface area contributed by atoms with E-state index in [1.54, 1.807) is 0 Å². The Morgan fingerprint density at radius 1 is 1.26 bits per heavy atom. The van der Waals surface area contributed by atoms with E-state index in [0.717, 1.165) is 22.3 Å². The number of carbonyl (C=O) groups excluding carboxylic acids is 1. The van der Waals surface area contributed by atoms with E-state index >= 15 is 0 Å². The number of carbonyl (C=O) groups is 1. The minimum absolute atomic E-state index is 0.0922. The molecule has 3 heterocycles. The number of fused-ring (bicyclic) bond motifs is 1. The SMILES string of the molecule is CC(Oc1nc(-c2ccccc2)cc2ncn(C3CC3)c12)C1CNC(=O)C1. The average molecular weight is 362 g/mol. The molecule has 6 nitrogen and oxygen atoms in total. The molecule has 0 radical (unpaired) electrons. The number of rotatable bonds is 5. The molecule has 1 aliphatic carbocycles. The van der Waals surface area contributed by atoms with Crippen LogP contribution in [-0.2, 0) is 4.79 Å². The highest BCUT2D eigenvalue weighted by molar-refractivity contribution is 5.85. The van der Waals surface area contributed by atoms with Crippen molar-refractivity contribution in [2.75, 3.05) is 6.54 Å². The predicted octanol–water partition coefficient (Wildman–Crippen LogP) is 3.34. The maximum atomic E-state index is 11.6. The first-order chi connectivity index (χ1) is 13.2. The quantitative estimate of drug-likeness (QED) is 0.756. The topological polar surface area (TPSA) is 69.0 Å². The molecule has 3 aromatic rings. The number of hydrogen-bond donors (Lipinski definition) is 1. The summed E-state index contributed by atoms with van der Waals surface area (Å²) in [5, 5.41) is 2.89. The first-order valence-electron chi connectivity index (χ1n) is 9.55. The number of aromatic nitrogens is 3. The number of imidazole rings is 1. The van der Waals surface area contributed by atoms with E-state index in [0.29, 0.717) is 24.9 Å². The Bertz CT molecular complexity index is 994. The highest BCUT2D eigenvalue weighted by Gasteiger charge is 2.31. The van der Waals surface area contributed by atoms with Gasteiger partial charge in [-0.25, -0.2) is 9.97 Å². The lowest BCUT2D eigenvalue weighted by molar-refractivity contribution is -0.119. The average Bonchev–Trinajstić information content (AvgIpc) is 3.28. The number of ether oxygens (including phenoxy) is 1. The van der Waals surface area contributed by atoms with Crippen molar-refractivity contribution in [2.24, 2.45) is 5.92 Å². The Morgan fingerprint density at radius 3 is 2.78 bits per heavy atom. The third-order valence-electron chi connectivity index (χ3n) is 5.50. The molecule has 6 heteroatoms. The zero-order chi connectivity index (χ0) is 18.4. The predicted molar refractivity (Wildman–Crippen MR) is 102 cm³/mol. The summed E-state index contributed by atoms with van der Waals surface area (Å²) >= 11 is 0. The molecule has 1 N–H and O–H groups in total. The summed E-state index contributed by atoms with van der Waals surface area (Å²) in [7, 11) is 0. The monoisotopic (exact) mass is 362 g/mol. The summed E-state index contributed by atoms with van der Waals surface area (Å²) in [6, 6.07) is 12.6. The standard InChI is InChI=1S/C21H22N4O2/c1-13(15-9-19(26)22-11-15)27-21-20-18(23-12-25(20)16-7-8-16)10-17(24-21)14-5-3-2-4-6-14/h2-6,10,12-13,15-16H,7-9,11H2,1H3,(H,22,26). The summed E-state index contributed by atoms with van der Waals surface area (Å²) in [6.45, 7) is 2.68. The van der Waals surface area contributed by atoms with E-state index in [2.05, 4.69) is 14.9 Å². The molecule has 1 aromatic carbocycles. The second-order valence-electron chi connectivity index (χ2n) is 7.52. The number of nitrogens with zero attached hydrogens (tertiary/aromatic N) is 3. The van der Waals surface area contributed by atoms with E-state index < -0.39 is 0 Å². The highest BCUT2D eigenvalue weighted by Crippen LogP contribution is 2.40. The van der Waals surface area contributed by atoms with Crippen molar-refractivity contribution in [3.63, 3.8) is 0 Å². The van der Waals surface area contributed by atoms with E-state index in [1.165, 1.54) is 12.8 Å². The number of benzene rings is 1. The van der Waals surface area contributed by atoms with Gasteiger partial charge in [-0.1, -0.05) is 30.3 Å². The molecule has 5 rings (SSSR count). The van der Waals surface area contributed by atoms with Gasteiger partial charge in [0.1, 0.15) is 11.6 Å². The molecule has 2 unspecified atom stereocenters. The second kappa shape index (κ2) is 6.37. The van der Waals surface area contributed by atoms with Gasteiger partial charge in [-0.05, 0) is 25.8 Å². The van der Waals surface area contributed by atoms with Crippen LogP contribution in [0.1, 0.15) is 32.2 Å². The molecule has 0 bridgehead atoms. The fourth-order valence-electron chi connectivity index (χ4n) is 3.73. The molecule has 2 aromatic heterocycles. The fourth-order valence-corrected chi connectivity index (χ4v) is 3.73. The van der Waals surface area contributed by atoms with Gasteiger partial charge in [0.15, 0.2) is 0 Å². The molecule has 2 fully saturated rings. The minimum atomic E-state index is -0.103. The Morgan fingerprint density at radius 2 is 2.07 bits per heavy atom. The number of pyridine rings is 1. The normalized spacial score (nSPS) is 20.6. The molecule has 1 amide bonds. The molecule has 1 saturated heterocycles. The Balaban J connectivity index is 1.57. The van der Waals surface area contributed by atoms with Gasteiger partial charge in [0.05, 0.1) is 17.5 Å². The van der Waals surface area contributed by atoms with Gasteiger partial charge in [-0.2, -0.15) is 0 Å². The van der Waals surface area contributed by atoms with E-state index in [-0.39, 0.29) is 17.9 Å². The van der Waals surface area contributed by atoms with Gasteiger partial charge in [-0.15, -0.1) is 0 Å². The summed E-state index contributed by atoms with van der Waals surface area (Å²) in [4.78, 5) is 21.1. The van der Waals surface area contributed by atoms with Crippen LogP contribution in [-0.4, -0.2) is 33.1 Å². The Kier molecular flexibility index (Phi) is 3.85. The summed E-state index contributed by atoms with van der Waals surface area (Å²) in [6.07, 6.45) is 4.64. The fraction of sp³-hybridized carbons (Fsp3) is 0.381. The van der Waals surface area contributed by atoms with Crippen molar-refractivity contribution in [1.82, 2.24) is 19.9 Å². The zero-order valence-corrected chi connectivity index (χ0v) is 15.3. The largest absolute Gasteiger partial charge is 0.473 e. The molecule has 1 saturated carbocycles. The smallest absolute Gasteiger partial charge is 0.241 e. The third kappa shape index (κ3) is 3.05. The second-order valence-corrected chi connectivity index (χ2v) is 7.52. The van der Waals surface area contributed by atoms with Crippen molar-refractivity contribution < 1.29 is 9.53 Å². The molecule has 2 aliphatic rings. The maximum absolute atomic E-state index is 11.6. The molecular formula is C21H22N4O2. The van der Waals surface area contributed by atoms with Crippen LogP contribution in [0.3, 0.4) is 0 Å². The third-order valence-corrected chi connectivity index (χ3v) is 5.50. The maximum Gasteiger partial charge on any atom is 0.241 e. The van der Waals surface area contributed by atoms with Crippen LogP contribution < -0.4 is 10.1 Å². The lowest BCUT2D eigenvalue weighted by atomic mass is 10.0. The zero-order valence-electron chi connectivity index (χ0n) is 15.3. The van der Waals surface area contributed by atoms with Crippen LogP contribution in [0.25, 0.3) is 22.3 Å². The van der Waals surface area contributed by atoms with Gasteiger partial charge in [0.25, 0.3) is 0 Å². The van der Waals surface area contributed by atoms with Gasteiger partial charge in [0.2, 0.25) is 11.8 Å². The molecule has 1 aliphatic heterocycles. The van der Waals surface area contributed by atoms with Crippen molar-refractivity contribution in [3.8, 4) is 17.1 Å². The van der Waals surface area contributed by atoms with Crippen LogP contribution in [0.5, 0.6) is 5.88 Å². The first kappa shape index (κ1) is 16.3. The van der Waals surface area contributed by atoms with Crippen molar-refractivity contribution in [3.05, 3.63) is 42.7 Å². The van der Waals surface area contributed by atoms with Gasteiger partial charge in [0, 0.05) is 30.5 Å². The molecule has 27 heavy (non-hydrogen) atoms. The Labute approximate surface area is 157 Å². The van der Waals surface area contributed by atoms with E-state index in [1.807, 2.05) is 49.6 Å². The van der Waals surface area contributed by atoms with Crippen LogP contribution >= 0.6 is 0 Å². The molecular weight excluding hydrogens is 340 g/mol. The number of nitrogens with one attached hydrogen (secondary N) is 1. The summed E-state index contributed by atoms with van der Waals surface area (Å²) < 4.78 is 8.53. The number of amides is 1. The van der Waals surface area contributed by atoms with Crippen LogP contribution in [0.2, 0.25) is 0 Å². The summed E-state index contributed by atoms with van der Waals surface area (Å²) in [5.41, 5.74) is 3.75. The molecule has 0 spiro atoms. The lowest BCUT2D eigenvalue weighted by Gasteiger charge is -2.20. The van der Waals surface area contributed by atoms with Crippen LogP contribution in [0.15, 0.2) is 42.7 Å².